The van der Waals surface area contributed by atoms with Crippen molar-refractivity contribution in [1.82, 2.24) is 10.3 Å². The summed E-state index contributed by atoms with van der Waals surface area (Å²) in [4.78, 5) is 27.5. The molecule has 0 atom stereocenters. The molecular formula is C14H10IN3O2S. The highest BCUT2D eigenvalue weighted by molar-refractivity contribution is 14.1. The number of pyridine rings is 1. The fraction of sp³-hybridized carbons (Fsp3) is 0.0714. The number of anilines is 1. The normalized spacial score (nSPS) is 14.1. The molecule has 0 saturated heterocycles. The SMILES string of the molecule is O=C(NC1=CC(=O)SC1)Nc1nc(I)cc2ccccc12. The van der Waals surface area contributed by atoms with E-state index >= 15 is 0 Å². The average Bonchev–Trinajstić information content (AvgIpc) is 2.83. The minimum atomic E-state index is -0.392. The molecule has 0 aliphatic carbocycles. The van der Waals surface area contributed by atoms with Crippen LogP contribution in [0.2, 0.25) is 0 Å². The fourth-order valence-corrected chi connectivity index (χ4v) is 3.25. The highest BCUT2D eigenvalue weighted by Crippen LogP contribution is 2.23. The minimum Gasteiger partial charge on any atom is -0.310 e. The van der Waals surface area contributed by atoms with Crippen molar-refractivity contribution in [2.75, 3.05) is 11.1 Å². The van der Waals surface area contributed by atoms with Crippen LogP contribution in [-0.2, 0) is 4.79 Å². The van der Waals surface area contributed by atoms with E-state index in [4.69, 9.17) is 0 Å². The van der Waals surface area contributed by atoms with Crippen molar-refractivity contribution in [3.05, 3.63) is 45.8 Å². The molecular weight excluding hydrogens is 401 g/mol. The quantitative estimate of drug-likeness (QED) is 0.589. The van der Waals surface area contributed by atoms with Crippen molar-refractivity contribution in [3.8, 4) is 0 Å². The number of halogens is 1. The molecule has 1 aliphatic rings. The predicted octanol–water partition coefficient (Wildman–Crippen LogP) is 3.12. The number of nitrogens with zero attached hydrogens (tertiary/aromatic N) is 1. The first kappa shape index (κ1) is 14.3. The molecule has 2 aromatic rings. The number of nitrogens with one attached hydrogen (secondary N) is 2. The Morgan fingerprint density at radius 1 is 1.29 bits per heavy atom. The van der Waals surface area contributed by atoms with Crippen molar-refractivity contribution in [2.24, 2.45) is 0 Å². The number of aromatic nitrogens is 1. The molecule has 0 fully saturated rings. The van der Waals surface area contributed by atoms with Gasteiger partial charge in [-0.3, -0.25) is 10.1 Å². The molecule has 1 aliphatic heterocycles. The molecule has 1 aromatic carbocycles. The van der Waals surface area contributed by atoms with Gasteiger partial charge in [0, 0.05) is 22.9 Å². The lowest BCUT2D eigenvalue weighted by Crippen LogP contribution is -2.28. The molecule has 2 N–H and O–H groups in total. The van der Waals surface area contributed by atoms with Crippen LogP contribution < -0.4 is 10.6 Å². The summed E-state index contributed by atoms with van der Waals surface area (Å²) in [7, 11) is 0. The highest BCUT2D eigenvalue weighted by atomic mass is 127. The van der Waals surface area contributed by atoms with Crippen molar-refractivity contribution in [3.63, 3.8) is 0 Å². The smallest absolute Gasteiger partial charge is 0.310 e. The van der Waals surface area contributed by atoms with E-state index in [0.29, 0.717) is 17.3 Å². The van der Waals surface area contributed by atoms with Gasteiger partial charge in [-0.05, 0) is 34.0 Å². The Morgan fingerprint density at radius 2 is 2.10 bits per heavy atom. The summed E-state index contributed by atoms with van der Waals surface area (Å²) in [6, 6.07) is 9.27. The van der Waals surface area contributed by atoms with E-state index in [-0.39, 0.29) is 5.12 Å². The van der Waals surface area contributed by atoms with Gasteiger partial charge >= 0.3 is 6.03 Å². The molecule has 0 radical (unpaired) electrons. The zero-order chi connectivity index (χ0) is 14.8. The van der Waals surface area contributed by atoms with Gasteiger partial charge in [0.15, 0.2) is 0 Å². The van der Waals surface area contributed by atoms with Gasteiger partial charge in [-0.1, -0.05) is 36.0 Å². The van der Waals surface area contributed by atoms with Crippen LogP contribution in [0, 0.1) is 3.70 Å². The minimum absolute atomic E-state index is 0.0388. The zero-order valence-electron chi connectivity index (χ0n) is 10.7. The Balaban J connectivity index is 1.83. The first-order chi connectivity index (χ1) is 10.1. The van der Waals surface area contributed by atoms with Gasteiger partial charge in [-0.2, -0.15) is 0 Å². The Labute approximate surface area is 138 Å². The number of carbonyl (C=O) groups excluding carboxylic acids is 2. The number of hydrogen-bond donors (Lipinski definition) is 2. The second kappa shape index (κ2) is 6.02. The number of amides is 2. The maximum absolute atomic E-state index is 12.0. The summed E-state index contributed by atoms with van der Waals surface area (Å²) in [5.41, 5.74) is 0.609. The Bertz CT molecular complexity index is 776. The third kappa shape index (κ3) is 3.35. The second-order valence-corrected chi connectivity index (χ2v) is 6.46. The number of thioether (sulfide) groups is 1. The standard InChI is InChI=1S/C14H10IN3O2S/c15-11-5-8-3-1-2-4-10(8)13(17-11)18-14(20)16-9-6-12(19)21-7-9/h1-6H,7H2,(H2,16,17,18,20). The second-order valence-electron chi connectivity index (χ2n) is 4.37. The number of carbonyl (C=O) groups is 2. The zero-order valence-corrected chi connectivity index (χ0v) is 13.7. The van der Waals surface area contributed by atoms with E-state index < -0.39 is 6.03 Å². The molecule has 1 aromatic heterocycles. The van der Waals surface area contributed by atoms with E-state index in [1.807, 2.05) is 30.3 Å². The molecule has 2 heterocycles. The Hall–Kier alpha value is -1.61. The molecule has 3 rings (SSSR count). The lowest BCUT2D eigenvalue weighted by molar-refractivity contribution is -0.106. The van der Waals surface area contributed by atoms with Crippen molar-refractivity contribution < 1.29 is 9.59 Å². The average molecular weight is 411 g/mol. The van der Waals surface area contributed by atoms with E-state index in [2.05, 4.69) is 38.2 Å². The van der Waals surface area contributed by atoms with Gasteiger partial charge < -0.3 is 5.32 Å². The van der Waals surface area contributed by atoms with Crippen LogP contribution >= 0.6 is 34.4 Å². The summed E-state index contributed by atoms with van der Waals surface area (Å²) in [5, 5.41) is 7.26. The van der Waals surface area contributed by atoms with Gasteiger partial charge in [0.1, 0.15) is 9.52 Å². The third-order valence-corrected chi connectivity index (χ3v) is 4.29. The Kier molecular flexibility index (Phi) is 4.11. The summed E-state index contributed by atoms with van der Waals surface area (Å²) < 4.78 is 0.799. The van der Waals surface area contributed by atoms with Gasteiger partial charge in [-0.25, -0.2) is 9.78 Å². The molecule has 7 heteroatoms. The van der Waals surface area contributed by atoms with Crippen LogP contribution in [0.25, 0.3) is 10.8 Å². The predicted molar refractivity (Wildman–Crippen MR) is 92.2 cm³/mol. The molecule has 21 heavy (non-hydrogen) atoms. The number of hydrogen-bond acceptors (Lipinski definition) is 4. The summed E-state index contributed by atoms with van der Waals surface area (Å²) >= 11 is 3.28. The van der Waals surface area contributed by atoms with Crippen LogP contribution in [-0.4, -0.2) is 21.9 Å². The fourth-order valence-electron chi connectivity index (χ4n) is 1.99. The van der Waals surface area contributed by atoms with E-state index in [1.165, 1.54) is 17.8 Å². The molecule has 2 amide bonds. The van der Waals surface area contributed by atoms with Crippen molar-refractivity contribution >= 4 is 62.1 Å². The van der Waals surface area contributed by atoms with Gasteiger partial charge in [-0.15, -0.1) is 0 Å². The van der Waals surface area contributed by atoms with E-state index in [0.717, 1.165) is 14.5 Å². The summed E-state index contributed by atoms with van der Waals surface area (Å²) in [6.07, 6.45) is 1.44. The first-order valence-corrected chi connectivity index (χ1v) is 8.19. The number of benzene rings is 1. The lowest BCUT2D eigenvalue weighted by atomic mass is 10.1. The van der Waals surface area contributed by atoms with Gasteiger partial charge in [0.2, 0.25) is 5.12 Å². The van der Waals surface area contributed by atoms with Crippen LogP contribution in [0.4, 0.5) is 10.6 Å². The monoisotopic (exact) mass is 411 g/mol. The molecule has 5 nitrogen and oxygen atoms in total. The van der Waals surface area contributed by atoms with E-state index in [1.54, 1.807) is 0 Å². The Morgan fingerprint density at radius 3 is 2.86 bits per heavy atom. The summed E-state index contributed by atoms with van der Waals surface area (Å²) in [5.74, 6) is 1.000. The van der Waals surface area contributed by atoms with Gasteiger partial charge in [0.05, 0.1) is 0 Å². The van der Waals surface area contributed by atoms with Crippen molar-refractivity contribution in [2.45, 2.75) is 0 Å². The molecule has 0 saturated carbocycles. The number of urea groups is 1. The van der Waals surface area contributed by atoms with Crippen LogP contribution in [0.3, 0.4) is 0 Å². The molecule has 0 bridgehead atoms. The van der Waals surface area contributed by atoms with E-state index in [9.17, 15) is 9.59 Å². The third-order valence-electron chi connectivity index (χ3n) is 2.88. The highest BCUT2D eigenvalue weighted by Gasteiger charge is 2.15. The van der Waals surface area contributed by atoms with Crippen molar-refractivity contribution in [1.29, 1.82) is 0 Å². The van der Waals surface area contributed by atoms with Gasteiger partial charge in [0.25, 0.3) is 0 Å². The number of fused-ring (bicyclic) bond motifs is 1. The number of rotatable bonds is 2. The van der Waals surface area contributed by atoms with Crippen LogP contribution in [0.15, 0.2) is 42.1 Å². The van der Waals surface area contributed by atoms with Crippen LogP contribution in [0.5, 0.6) is 0 Å². The molecule has 0 unspecified atom stereocenters. The lowest BCUT2D eigenvalue weighted by Gasteiger charge is -2.10. The molecule has 106 valence electrons. The summed E-state index contributed by atoms with van der Waals surface area (Å²) in [6.45, 7) is 0. The maximum atomic E-state index is 12.0. The topological polar surface area (TPSA) is 71.1 Å². The van der Waals surface area contributed by atoms with Crippen LogP contribution in [0.1, 0.15) is 0 Å². The largest absolute Gasteiger partial charge is 0.324 e. The first-order valence-electron chi connectivity index (χ1n) is 6.12. The molecule has 0 spiro atoms. The maximum Gasteiger partial charge on any atom is 0.324 e.